The maximum atomic E-state index is 12.9. The molecule has 1 rings (SSSR count). The fraction of sp³-hybridized carbons (Fsp3) is 0.778. The zero-order valence-electron chi connectivity index (χ0n) is 16.7. The molecule has 27 heavy (non-hydrogen) atoms. The first kappa shape index (κ1) is 23.8. The first-order chi connectivity index (χ1) is 12.7. The zero-order chi connectivity index (χ0) is 20.6. The van der Waals surface area contributed by atoms with E-state index in [0.717, 1.165) is 11.5 Å². The molecule has 1 aliphatic rings. The van der Waals surface area contributed by atoms with Gasteiger partial charge < -0.3 is 15.5 Å². The molecule has 0 bridgehead atoms. The average Bonchev–Trinajstić information content (AvgIpc) is 2.85. The van der Waals surface area contributed by atoms with Crippen LogP contribution in [0, 0.1) is 0 Å². The van der Waals surface area contributed by atoms with Gasteiger partial charge in [0.25, 0.3) is 0 Å². The molecule has 3 amide bonds. The first-order valence-electron chi connectivity index (χ1n) is 9.10. The van der Waals surface area contributed by atoms with Crippen molar-refractivity contribution < 1.29 is 19.2 Å². The van der Waals surface area contributed by atoms with Gasteiger partial charge in [0.2, 0.25) is 17.7 Å². The van der Waals surface area contributed by atoms with Crippen molar-refractivity contribution in [2.75, 3.05) is 24.0 Å². The minimum absolute atomic E-state index is 0.0349. The fourth-order valence-electron chi connectivity index (χ4n) is 3.32. The Hall–Kier alpha value is -1.22. The van der Waals surface area contributed by atoms with Crippen molar-refractivity contribution in [2.24, 2.45) is 0 Å². The van der Waals surface area contributed by atoms with Crippen LogP contribution in [0.2, 0.25) is 0 Å². The van der Waals surface area contributed by atoms with Crippen molar-refractivity contribution in [1.29, 1.82) is 0 Å². The Kier molecular flexibility index (Phi) is 10.2. The van der Waals surface area contributed by atoms with Crippen LogP contribution in [-0.2, 0) is 19.2 Å². The minimum Gasteiger partial charge on any atom is -0.345 e. The minimum atomic E-state index is -0.660. The smallest absolute Gasteiger partial charge is 0.246 e. The molecule has 0 aromatic carbocycles. The number of carbonyl (C=O) groups is 4. The van der Waals surface area contributed by atoms with Crippen LogP contribution < -0.4 is 10.6 Å². The molecule has 7 nitrogen and oxygen atoms in total. The van der Waals surface area contributed by atoms with Crippen LogP contribution in [0.4, 0.5) is 0 Å². The highest BCUT2D eigenvalue weighted by Crippen LogP contribution is 2.25. The van der Waals surface area contributed by atoms with Gasteiger partial charge in [-0.25, -0.2) is 0 Å². The predicted octanol–water partition coefficient (Wildman–Crippen LogP) is 1.06. The van der Waals surface area contributed by atoms with E-state index in [1.165, 1.54) is 13.8 Å². The van der Waals surface area contributed by atoms with Crippen molar-refractivity contribution in [3.05, 3.63) is 0 Å². The highest BCUT2D eigenvalue weighted by molar-refractivity contribution is 7.98. The van der Waals surface area contributed by atoms with Gasteiger partial charge in [-0.2, -0.15) is 23.5 Å². The number of hydrogen-bond acceptors (Lipinski definition) is 6. The summed E-state index contributed by atoms with van der Waals surface area (Å²) in [4.78, 5) is 50.5. The molecule has 0 saturated carbocycles. The van der Waals surface area contributed by atoms with Crippen molar-refractivity contribution in [3.8, 4) is 0 Å². The lowest BCUT2D eigenvalue weighted by atomic mass is 10.1. The van der Waals surface area contributed by atoms with E-state index in [4.69, 9.17) is 0 Å². The van der Waals surface area contributed by atoms with Crippen molar-refractivity contribution >= 4 is 47.0 Å². The van der Waals surface area contributed by atoms with Gasteiger partial charge in [0.1, 0.15) is 12.1 Å². The number of likely N-dealkylation sites (tertiary alicyclic amines) is 1. The molecule has 0 aromatic heterocycles. The highest BCUT2D eigenvalue weighted by Gasteiger charge is 2.43. The molecular weight excluding hydrogens is 386 g/mol. The van der Waals surface area contributed by atoms with Crippen molar-refractivity contribution in [2.45, 2.75) is 64.2 Å². The van der Waals surface area contributed by atoms with Crippen LogP contribution in [0.25, 0.3) is 0 Å². The number of nitrogens with zero attached hydrogens (tertiary/aromatic N) is 1. The molecule has 0 aliphatic carbocycles. The maximum absolute atomic E-state index is 12.9. The number of amides is 3. The van der Waals surface area contributed by atoms with Crippen molar-refractivity contribution in [3.63, 3.8) is 0 Å². The third-order valence-corrected chi connectivity index (χ3v) is 5.91. The van der Waals surface area contributed by atoms with E-state index in [0.29, 0.717) is 19.3 Å². The highest BCUT2D eigenvalue weighted by atomic mass is 32.2. The van der Waals surface area contributed by atoms with Gasteiger partial charge in [-0.3, -0.25) is 19.2 Å². The second kappa shape index (κ2) is 11.6. The van der Waals surface area contributed by atoms with Crippen LogP contribution in [0.1, 0.15) is 40.0 Å². The number of rotatable bonds is 11. The number of thioether (sulfide) groups is 2. The lowest BCUT2D eigenvalue weighted by molar-refractivity contribution is -0.139. The number of Topliss-reactive ketones (excluding diaryl/α,β-unsaturated/α-hetero) is 1. The quantitative estimate of drug-likeness (QED) is 0.522. The van der Waals surface area contributed by atoms with Gasteiger partial charge in [-0.1, -0.05) is 0 Å². The molecule has 0 spiro atoms. The van der Waals surface area contributed by atoms with Gasteiger partial charge in [0.05, 0.1) is 6.04 Å². The van der Waals surface area contributed by atoms with E-state index >= 15 is 0 Å². The van der Waals surface area contributed by atoms with E-state index in [1.54, 1.807) is 28.4 Å². The largest absolute Gasteiger partial charge is 0.345 e. The molecular formula is C18H31N3O4S2. The Balaban J connectivity index is 2.83. The molecule has 1 fully saturated rings. The summed E-state index contributed by atoms with van der Waals surface area (Å²) in [5, 5.41) is 5.43. The summed E-state index contributed by atoms with van der Waals surface area (Å²) in [7, 11) is 0. The lowest BCUT2D eigenvalue weighted by Gasteiger charge is -2.30. The Morgan fingerprint density at radius 3 is 2.26 bits per heavy atom. The molecule has 2 N–H and O–H groups in total. The number of ketones is 1. The van der Waals surface area contributed by atoms with Gasteiger partial charge in [0, 0.05) is 13.0 Å². The van der Waals surface area contributed by atoms with E-state index in [2.05, 4.69) is 10.6 Å². The molecule has 0 aromatic rings. The Morgan fingerprint density at radius 2 is 1.74 bits per heavy atom. The standard InChI is InChI=1S/C18H31N3O4S2/c1-11-10-15(18(25)21(11)16(12(2)22)7-9-27-5)20-17(24)14(6-8-26-4)19-13(3)23/h11,14-16H,6-10H2,1-5H3,(H,19,23)(H,20,24). The van der Waals surface area contributed by atoms with E-state index in [9.17, 15) is 19.2 Å². The molecule has 1 heterocycles. The molecule has 0 radical (unpaired) electrons. The summed E-state index contributed by atoms with van der Waals surface area (Å²) in [6.45, 7) is 4.78. The second-order valence-electron chi connectivity index (χ2n) is 6.83. The topological polar surface area (TPSA) is 95.6 Å². The monoisotopic (exact) mass is 417 g/mol. The van der Waals surface area contributed by atoms with Gasteiger partial charge in [-0.15, -0.1) is 0 Å². The van der Waals surface area contributed by atoms with Gasteiger partial charge in [0.15, 0.2) is 5.78 Å². The van der Waals surface area contributed by atoms with Crippen LogP contribution in [0.3, 0.4) is 0 Å². The van der Waals surface area contributed by atoms with E-state index in [-0.39, 0.29) is 29.5 Å². The fourth-order valence-corrected chi connectivity index (χ4v) is 4.25. The molecule has 154 valence electrons. The van der Waals surface area contributed by atoms with Crippen LogP contribution in [0.5, 0.6) is 0 Å². The normalized spacial score (nSPS) is 21.7. The third-order valence-electron chi connectivity index (χ3n) is 4.63. The Labute approximate surface area is 170 Å². The SMILES string of the molecule is CSCCC(NC(C)=O)C(=O)NC1CC(C)N(C(CCSC)C(C)=O)C1=O. The van der Waals surface area contributed by atoms with E-state index < -0.39 is 18.1 Å². The zero-order valence-corrected chi connectivity index (χ0v) is 18.4. The number of hydrogen-bond donors (Lipinski definition) is 2. The van der Waals surface area contributed by atoms with Gasteiger partial charge >= 0.3 is 0 Å². The molecule has 1 aliphatic heterocycles. The Bertz CT molecular complexity index is 559. The average molecular weight is 418 g/mol. The predicted molar refractivity (Wildman–Crippen MR) is 111 cm³/mol. The Morgan fingerprint density at radius 1 is 1.15 bits per heavy atom. The van der Waals surface area contributed by atoms with Crippen LogP contribution in [0.15, 0.2) is 0 Å². The van der Waals surface area contributed by atoms with Crippen LogP contribution >= 0.6 is 23.5 Å². The molecule has 1 saturated heterocycles. The third kappa shape index (κ3) is 7.03. The number of carbonyl (C=O) groups excluding carboxylic acids is 4. The number of nitrogens with one attached hydrogen (secondary N) is 2. The second-order valence-corrected chi connectivity index (χ2v) is 8.81. The summed E-state index contributed by atoms with van der Waals surface area (Å²) >= 11 is 3.22. The maximum Gasteiger partial charge on any atom is 0.246 e. The molecule has 4 unspecified atom stereocenters. The summed E-state index contributed by atoms with van der Waals surface area (Å²) in [5.41, 5.74) is 0. The van der Waals surface area contributed by atoms with Crippen LogP contribution in [-0.4, -0.2) is 76.6 Å². The molecule has 4 atom stereocenters. The summed E-state index contributed by atoms with van der Waals surface area (Å²) in [6, 6.07) is -1.89. The summed E-state index contributed by atoms with van der Waals surface area (Å²) < 4.78 is 0. The molecule has 9 heteroatoms. The van der Waals surface area contributed by atoms with E-state index in [1.807, 2.05) is 19.4 Å². The van der Waals surface area contributed by atoms with Gasteiger partial charge in [-0.05, 0) is 57.1 Å². The first-order valence-corrected chi connectivity index (χ1v) is 11.9. The van der Waals surface area contributed by atoms with Crippen molar-refractivity contribution in [1.82, 2.24) is 15.5 Å². The lowest BCUT2D eigenvalue weighted by Crippen LogP contribution is -2.52. The summed E-state index contributed by atoms with van der Waals surface area (Å²) in [6.07, 6.45) is 5.46. The summed E-state index contributed by atoms with van der Waals surface area (Å²) in [5.74, 6) is 0.626.